The minimum atomic E-state index is 0.648. The van der Waals surface area contributed by atoms with Gasteiger partial charge in [0.05, 0.1) is 18.2 Å². The van der Waals surface area contributed by atoms with Gasteiger partial charge >= 0.3 is 0 Å². The van der Waals surface area contributed by atoms with Gasteiger partial charge in [0.25, 0.3) is 0 Å². The maximum absolute atomic E-state index is 8.94. The smallest absolute Gasteiger partial charge is 0.146 e. The summed E-state index contributed by atoms with van der Waals surface area (Å²) in [5, 5.41) is 14.1. The van der Waals surface area contributed by atoms with Gasteiger partial charge in [0.15, 0.2) is 0 Å². The van der Waals surface area contributed by atoms with Gasteiger partial charge in [-0.05, 0) is 23.6 Å². The summed E-state index contributed by atoms with van der Waals surface area (Å²) in [4.78, 5) is 4.21. The number of nitrogens with zero attached hydrogens (tertiary/aromatic N) is 5. The predicted octanol–water partition coefficient (Wildman–Crippen LogP) is 1.69. The van der Waals surface area contributed by atoms with E-state index in [1.807, 2.05) is 37.5 Å². The second-order valence-corrected chi connectivity index (χ2v) is 4.13. The first kappa shape index (κ1) is 10.5. The average Bonchev–Trinajstić information content (AvgIpc) is 2.97. The summed E-state index contributed by atoms with van der Waals surface area (Å²) in [6, 6.07) is 9.88. The second kappa shape index (κ2) is 4.00. The highest BCUT2D eigenvalue weighted by molar-refractivity contribution is 5.81. The average molecular weight is 237 g/mol. The first-order valence-corrected chi connectivity index (χ1v) is 5.60. The van der Waals surface area contributed by atoms with Crippen LogP contribution in [-0.4, -0.2) is 19.3 Å². The first-order chi connectivity index (χ1) is 8.78. The zero-order valence-corrected chi connectivity index (χ0v) is 9.91. The molecule has 0 unspecified atom stereocenters. The Morgan fingerprint density at radius 1 is 1.33 bits per heavy atom. The summed E-state index contributed by atoms with van der Waals surface area (Å²) >= 11 is 0. The van der Waals surface area contributed by atoms with Gasteiger partial charge in [-0.15, -0.1) is 0 Å². The number of aromatic nitrogens is 4. The molecule has 0 fully saturated rings. The standard InChI is InChI=1S/C13H11N5/c1-17-13(15-9-16-17)8-18-5-4-11-3-2-10(7-14)6-12(11)18/h2-6,9H,8H2,1H3. The summed E-state index contributed by atoms with van der Waals surface area (Å²) in [5.74, 6) is 0.884. The van der Waals surface area contributed by atoms with E-state index in [0.717, 1.165) is 16.7 Å². The highest BCUT2D eigenvalue weighted by atomic mass is 15.3. The third kappa shape index (κ3) is 1.64. The van der Waals surface area contributed by atoms with E-state index in [9.17, 15) is 0 Å². The van der Waals surface area contributed by atoms with E-state index in [4.69, 9.17) is 5.26 Å². The van der Waals surface area contributed by atoms with E-state index in [-0.39, 0.29) is 0 Å². The third-order valence-corrected chi connectivity index (χ3v) is 3.02. The van der Waals surface area contributed by atoms with Gasteiger partial charge in [0.1, 0.15) is 12.2 Å². The minimum absolute atomic E-state index is 0.648. The fourth-order valence-corrected chi connectivity index (χ4v) is 2.01. The van der Waals surface area contributed by atoms with Crippen molar-refractivity contribution in [1.82, 2.24) is 19.3 Å². The van der Waals surface area contributed by atoms with Crippen LogP contribution in [0, 0.1) is 11.3 Å². The van der Waals surface area contributed by atoms with Crippen LogP contribution in [-0.2, 0) is 13.6 Å². The minimum Gasteiger partial charge on any atom is -0.340 e. The Balaban J connectivity index is 2.07. The normalized spacial score (nSPS) is 10.7. The van der Waals surface area contributed by atoms with Crippen LogP contribution >= 0.6 is 0 Å². The molecule has 0 aliphatic rings. The lowest BCUT2D eigenvalue weighted by Gasteiger charge is -2.04. The van der Waals surface area contributed by atoms with Crippen LogP contribution in [0.15, 0.2) is 36.8 Å². The zero-order chi connectivity index (χ0) is 12.5. The molecular weight excluding hydrogens is 226 g/mol. The van der Waals surface area contributed by atoms with Crippen LogP contribution in [0.1, 0.15) is 11.4 Å². The van der Waals surface area contributed by atoms with Crippen molar-refractivity contribution in [2.75, 3.05) is 0 Å². The molecule has 2 aromatic heterocycles. The molecule has 0 aliphatic heterocycles. The van der Waals surface area contributed by atoms with Gasteiger partial charge in [-0.25, -0.2) is 4.98 Å². The Bertz CT molecular complexity index is 744. The fraction of sp³-hybridized carbons (Fsp3) is 0.154. The number of hydrogen-bond acceptors (Lipinski definition) is 3. The van der Waals surface area contributed by atoms with Crippen LogP contribution in [0.2, 0.25) is 0 Å². The monoisotopic (exact) mass is 237 g/mol. The molecule has 1 aromatic carbocycles. The number of benzene rings is 1. The van der Waals surface area contributed by atoms with E-state index in [1.54, 1.807) is 11.0 Å². The van der Waals surface area contributed by atoms with Crippen molar-refractivity contribution in [3.8, 4) is 6.07 Å². The zero-order valence-electron chi connectivity index (χ0n) is 9.91. The van der Waals surface area contributed by atoms with Crippen molar-refractivity contribution < 1.29 is 0 Å². The second-order valence-electron chi connectivity index (χ2n) is 4.13. The molecule has 0 saturated carbocycles. The van der Waals surface area contributed by atoms with Crippen LogP contribution in [0.3, 0.4) is 0 Å². The predicted molar refractivity (Wildman–Crippen MR) is 66.8 cm³/mol. The molecule has 88 valence electrons. The van der Waals surface area contributed by atoms with Gasteiger partial charge < -0.3 is 4.57 Å². The van der Waals surface area contributed by atoms with Crippen LogP contribution < -0.4 is 0 Å². The molecule has 18 heavy (non-hydrogen) atoms. The molecule has 0 N–H and O–H groups in total. The van der Waals surface area contributed by atoms with Crippen molar-refractivity contribution in [2.45, 2.75) is 6.54 Å². The lowest BCUT2D eigenvalue weighted by atomic mass is 10.2. The quantitative estimate of drug-likeness (QED) is 0.681. The molecule has 2 heterocycles. The van der Waals surface area contributed by atoms with E-state index >= 15 is 0 Å². The van der Waals surface area contributed by atoms with Crippen molar-refractivity contribution in [3.63, 3.8) is 0 Å². The Morgan fingerprint density at radius 2 is 2.22 bits per heavy atom. The molecule has 0 spiro atoms. The van der Waals surface area contributed by atoms with Gasteiger partial charge in [-0.2, -0.15) is 10.4 Å². The molecule has 5 heteroatoms. The molecule has 0 saturated heterocycles. The van der Waals surface area contributed by atoms with Crippen LogP contribution in [0.25, 0.3) is 10.9 Å². The van der Waals surface area contributed by atoms with Crippen molar-refractivity contribution in [2.24, 2.45) is 7.05 Å². The molecule has 0 radical (unpaired) electrons. The lowest BCUT2D eigenvalue weighted by molar-refractivity contribution is 0.664. The first-order valence-electron chi connectivity index (χ1n) is 5.60. The SMILES string of the molecule is Cn1ncnc1Cn1ccc2ccc(C#N)cc21. The summed E-state index contributed by atoms with van der Waals surface area (Å²) in [6.07, 6.45) is 3.54. The largest absolute Gasteiger partial charge is 0.340 e. The fourth-order valence-electron chi connectivity index (χ4n) is 2.01. The molecule has 0 amide bonds. The molecule has 0 atom stereocenters. The van der Waals surface area contributed by atoms with Crippen molar-refractivity contribution in [3.05, 3.63) is 48.2 Å². The van der Waals surface area contributed by atoms with E-state index in [0.29, 0.717) is 12.1 Å². The third-order valence-electron chi connectivity index (χ3n) is 3.02. The lowest BCUT2D eigenvalue weighted by Crippen LogP contribution is -2.05. The highest BCUT2D eigenvalue weighted by Gasteiger charge is 2.06. The maximum Gasteiger partial charge on any atom is 0.146 e. The van der Waals surface area contributed by atoms with E-state index < -0.39 is 0 Å². The molecular formula is C13H11N5. The molecule has 0 aliphatic carbocycles. The van der Waals surface area contributed by atoms with Gasteiger partial charge in [0, 0.05) is 18.8 Å². The number of aryl methyl sites for hydroxylation is 1. The molecule has 3 aromatic rings. The Hall–Kier alpha value is -2.61. The van der Waals surface area contributed by atoms with E-state index in [2.05, 4.69) is 20.7 Å². The molecule has 5 nitrogen and oxygen atoms in total. The maximum atomic E-state index is 8.94. The molecule has 0 bridgehead atoms. The number of hydrogen-bond donors (Lipinski definition) is 0. The summed E-state index contributed by atoms with van der Waals surface area (Å²) in [6.45, 7) is 0.648. The summed E-state index contributed by atoms with van der Waals surface area (Å²) in [7, 11) is 1.87. The van der Waals surface area contributed by atoms with Gasteiger partial charge in [0.2, 0.25) is 0 Å². The Labute approximate surface area is 104 Å². The van der Waals surface area contributed by atoms with Crippen LogP contribution in [0.5, 0.6) is 0 Å². The topological polar surface area (TPSA) is 59.4 Å². The molecule has 3 rings (SSSR count). The summed E-state index contributed by atoms with van der Waals surface area (Å²) in [5.41, 5.74) is 1.71. The van der Waals surface area contributed by atoms with Crippen molar-refractivity contribution in [1.29, 1.82) is 5.26 Å². The number of rotatable bonds is 2. The van der Waals surface area contributed by atoms with Gasteiger partial charge in [-0.1, -0.05) is 6.07 Å². The number of fused-ring (bicyclic) bond motifs is 1. The van der Waals surface area contributed by atoms with E-state index in [1.165, 1.54) is 0 Å². The number of nitriles is 1. The Morgan fingerprint density at radius 3 is 2.94 bits per heavy atom. The van der Waals surface area contributed by atoms with Gasteiger partial charge in [-0.3, -0.25) is 4.68 Å². The Kier molecular flexibility index (Phi) is 2.34. The van der Waals surface area contributed by atoms with Crippen molar-refractivity contribution >= 4 is 10.9 Å². The van der Waals surface area contributed by atoms with Crippen LogP contribution in [0.4, 0.5) is 0 Å². The summed E-state index contributed by atoms with van der Waals surface area (Å²) < 4.78 is 3.82. The highest BCUT2D eigenvalue weighted by Crippen LogP contribution is 2.18.